The maximum Gasteiger partial charge on any atom is 0.0168 e. The largest absolute Gasteiger partial charge is 0.306 e. The van der Waals surface area contributed by atoms with Crippen LogP contribution in [0.1, 0.15) is 0 Å². The van der Waals surface area contributed by atoms with Gasteiger partial charge in [-0.2, -0.15) is 0 Å². The minimum atomic E-state index is 0.920. The van der Waals surface area contributed by atoms with Crippen LogP contribution >= 0.6 is 11.6 Å². The van der Waals surface area contributed by atoms with Gasteiger partial charge >= 0.3 is 0 Å². The topological polar surface area (TPSA) is 3.24 Å². The fourth-order valence-corrected chi connectivity index (χ4v) is 0.330. The fourth-order valence-electron chi connectivity index (χ4n) is 0.251. The van der Waals surface area contributed by atoms with Crippen LogP contribution in [0.3, 0.4) is 0 Å². The molecule has 0 spiro atoms. The number of likely N-dealkylation sites (N-methyl/N-ethyl adjacent to an activating group) is 1. The van der Waals surface area contributed by atoms with Gasteiger partial charge in [-0.15, -0.1) is 0 Å². The molecule has 0 saturated carbocycles. The van der Waals surface area contributed by atoms with Crippen molar-refractivity contribution in [3.8, 4) is 0 Å². The van der Waals surface area contributed by atoms with Crippen LogP contribution in [0.5, 0.6) is 0 Å². The molecule has 0 bridgehead atoms. The third-order valence-electron chi connectivity index (χ3n) is 0.560. The number of halogens is 1. The van der Waals surface area contributed by atoms with E-state index in [9.17, 15) is 0 Å². The molecule has 0 radical (unpaired) electrons. The van der Waals surface area contributed by atoms with Crippen molar-refractivity contribution >= 4 is 11.6 Å². The van der Waals surface area contributed by atoms with Gasteiger partial charge in [0, 0.05) is 12.1 Å². The van der Waals surface area contributed by atoms with Crippen LogP contribution in [-0.2, 0) is 0 Å². The Morgan fingerprint density at radius 2 is 2.14 bits per heavy atom. The highest BCUT2D eigenvalue weighted by molar-refractivity contribution is 6.25. The van der Waals surface area contributed by atoms with Gasteiger partial charge in [0.1, 0.15) is 0 Å². The molecule has 2 heteroatoms. The lowest BCUT2D eigenvalue weighted by Crippen LogP contribution is -2.09. The molecule has 0 unspecified atom stereocenters. The highest BCUT2D eigenvalue weighted by atomic mass is 35.5. The summed E-state index contributed by atoms with van der Waals surface area (Å²) in [7, 11) is 3.99. The minimum Gasteiger partial charge on any atom is -0.306 e. The lowest BCUT2D eigenvalue weighted by Gasteiger charge is -2.01. The van der Waals surface area contributed by atoms with Gasteiger partial charge in [-0.05, 0) is 14.1 Å². The Labute approximate surface area is 49.6 Å². The molecule has 0 aliphatic heterocycles. The van der Waals surface area contributed by atoms with Crippen molar-refractivity contribution < 1.29 is 0 Å². The van der Waals surface area contributed by atoms with Gasteiger partial charge in [0.05, 0.1) is 0 Å². The van der Waals surface area contributed by atoms with Crippen LogP contribution in [0.4, 0.5) is 0 Å². The van der Waals surface area contributed by atoms with Crippen molar-refractivity contribution in [1.29, 1.82) is 0 Å². The van der Waals surface area contributed by atoms with E-state index in [1.165, 1.54) is 5.54 Å². The van der Waals surface area contributed by atoms with E-state index in [0.717, 1.165) is 6.54 Å². The number of nitrogens with zero attached hydrogens (tertiary/aromatic N) is 1. The maximum absolute atomic E-state index is 5.24. The highest BCUT2D eigenvalue weighted by Crippen LogP contribution is 1.79. The van der Waals surface area contributed by atoms with Crippen molar-refractivity contribution in [2.24, 2.45) is 0 Å². The summed E-state index contributed by atoms with van der Waals surface area (Å²) >= 11 is 5.24. The summed E-state index contributed by atoms with van der Waals surface area (Å²) in [5.41, 5.74) is 1.53. The molecule has 0 rings (SSSR count). The van der Waals surface area contributed by atoms with Crippen molar-refractivity contribution in [3.63, 3.8) is 0 Å². The molecule has 0 heterocycles. The van der Waals surface area contributed by atoms with Crippen LogP contribution in [0, 0.1) is 0 Å². The van der Waals surface area contributed by atoms with Gasteiger partial charge < -0.3 is 4.90 Å². The van der Waals surface area contributed by atoms with E-state index >= 15 is 0 Å². The smallest absolute Gasteiger partial charge is 0.0168 e. The summed E-state index contributed by atoms with van der Waals surface area (Å²) in [5, 5.41) is 0. The van der Waals surface area contributed by atoms with Crippen molar-refractivity contribution in [2.45, 2.75) is 0 Å². The Morgan fingerprint density at radius 3 is 2.29 bits per heavy atom. The third-order valence-corrected chi connectivity index (χ3v) is 0.738. The van der Waals surface area contributed by atoms with Crippen molar-refractivity contribution in [3.05, 3.63) is 11.6 Å². The van der Waals surface area contributed by atoms with Crippen molar-refractivity contribution in [2.75, 3.05) is 20.6 Å². The van der Waals surface area contributed by atoms with Crippen molar-refractivity contribution in [1.82, 2.24) is 4.90 Å². The molecule has 0 N–H and O–H groups in total. The van der Waals surface area contributed by atoms with Crippen LogP contribution < -0.4 is 0 Å². The van der Waals surface area contributed by atoms with Gasteiger partial charge in [-0.25, -0.2) is 0 Å². The summed E-state index contributed by atoms with van der Waals surface area (Å²) < 4.78 is 0. The first-order valence-corrected chi connectivity index (χ1v) is 2.61. The standard InChI is InChI=1S/C5H10ClN/c1-7(2)5-3-4-6/h3-4H,5H2,1-2H3/b4-3+. The maximum atomic E-state index is 5.24. The Morgan fingerprint density at radius 1 is 1.57 bits per heavy atom. The molecule has 0 aromatic rings. The van der Waals surface area contributed by atoms with Gasteiger partial charge in [-0.3, -0.25) is 0 Å². The molecular weight excluding hydrogens is 110 g/mol. The summed E-state index contributed by atoms with van der Waals surface area (Å²) in [6, 6.07) is 0. The monoisotopic (exact) mass is 119 g/mol. The third kappa shape index (κ3) is 5.99. The molecule has 0 aromatic carbocycles. The molecule has 0 fully saturated rings. The van der Waals surface area contributed by atoms with Crippen LogP contribution in [-0.4, -0.2) is 25.5 Å². The predicted molar refractivity (Wildman–Crippen MR) is 33.5 cm³/mol. The zero-order valence-corrected chi connectivity index (χ0v) is 5.44. The van der Waals surface area contributed by atoms with E-state index in [1.54, 1.807) is 0 Å². The highest BCUT2D eigenvalue weighted by Gasteiger charge is 1.77. The molecule has 7 heavy (non-hydrogen) atoms. The van der Waals surface area contributed by atoms with Crippen LogP contribution in [0.25, 0.3) is 0 Å². The first-order valence-electron chi connectivity index (χ1n) is 2.17. The molecule has 0 aliphatic carbocycles. The minimum absolute atomic E-state index is 0.920. The summed E-state index contributed by atoms with van der Waals surface area (Å²) in [6.45, 7) is 0.920. The molecule has 1 nitrogen and oxygen atoms in total. The van der Waals surface area contributed by atoms with Crippen LogP contribution in [0.2, 0.25) is 0 Å². The Hall–Kier alpha value is -0.0100. The fraction of sp³-hybridized carbons (Fsp3) is 0.600. The summed E-state index contributed by atoms with van der Waals surface area (Å²) in [5.74, 6) is 0. The zero-order chi connectivity index (χ0) is 5.70. The molecule has 0 saturated heterocycles. The Bertz CT molecular complexity index is 59.1. The van der Waals surface area contributed by atoms with Gasteiger partial charge in [0.2, 0.25) is 0 Å². The molecule has 0 atom stereocenters. The first kappa shape index (κ1) is 6.99. The van der Waals surface area contributed by atoms with E-state index in [0.29, 0.717) is 0 Å². The van der Waals surface area contributed by atoms with Gasteiger partial charge in [0.15, 0.2) is 0 Å². The van der Waals surface area contributed by atoms with E-state index < -0.39 is 0 Å². The Kier molecular flexibility index (Phi) is 4.15. The van der Waals surface area contributed by atoms with Gasteiger partial charge in [-0.1, -0.05) is 17.7 Å². The number of rotatable bonds is 2. The second-order valence-corrected chi connectivity index (χ2v) is 1.88. The summed E-state index contributed by atoms with van der Waals surface area (Å²) in [4.78, 5) is 2.04. The molecule has 0 aliphatic rings. The number of hydrogen-bond acceptors (Lipinski definition) is 1. The predicted octanol–water partition coefficient (Wildman–Crippen LogP) is 1.30. The average Bonchev–Trinajstić information content (AvgIpc) is 1.61. The quantitative estimate of drug-likeness (QED) is 0.530. The van der Waals surface area contributed by atoms with Gasteiger partial charge in [0.25, 0.3) is 0 Å². The average molecular weight is 120 g/mol. The van der Waals surface area contributed by atoms with E-state index in [-0.39, 0.29) is 0 Å². The molecule has 42 valence electrons. The molecular formula is C5H10ClN. The molecule has 0 aromatic heterocycles. The lowest BCUT2D eigenvalue weighted by molar-refractivity contribution is 0.457. The van der Waals surface area contributed by atoms with Crippen LogP contribution in [0.15, 0.2) is 11.6 Å². The lowest BCUT2D eigenvalue weighted by atomic mass is 10.6. The normalized spacial score (nSPS) is 11.4. The second kappa shape index (κ2) is 4.16. The second-order valence-electron chi connectivity index (χ2n) is 1.62. The molecule has 0 amide bonds. The summed E-state index contributed by atoms with van der Waals surface area (Å²) in [6.07, 6.45) is 1.89. The number of hydrogen-bond donors (Lipinski definition) is 0. The van der Waals surface area contributed by atoms with E-state index in [4.69, 9.17) is 11.6 Å². The zero-order valence-electron chi connectivity index (χ0n) is 4.69. The SMILES string of the molecule is CN(C)C/C=C/Cl. The first-order chi connectivity index (χ1) is 3.27. The Balaban J connectivity index is 2.97. The van der Waals surface area contributed by atoms with E-state index in [1.807, 2.05) is 25.1 Å². The van der Waals surface area contributed by atoms with E-state index in [2.05, 4.69) is 0 Å².